The van der Waals surface area contributed by atoms with Gasteiger partial charge in [0.25, 0.3) is 0 Å². The lowest BCUT2D eigenvalue weighted by Crippen LogP contribution is -2.37. The van der Waals surface area contributed by atoms with Crippen molar-refractivity contribution in [2.24, 2.45) is 0 Å². The van der Waals surface area contributed by atoms with Gasteiger partial charge in [0.05, 0.1) is 6.61 Å². The van der Waals surface area contributed by atoms with E-state index in [0.29, 0.717) is 18.5 Å². The van der Waals surface area contributed by atoms with E-state index in [0.717, 1.165) is 6.42 Å². The topological polar surface area (TPSA) is 70.5 Å². The van der Waals surface area contributed by atoms with Crippen LogP contribution in [0.5, 0.6) is 0 Å². The van der Waals surface area contributed by atoms with Crippen molar-refractivity contribution in [1.82, 2.24) is 9.29 Å². The molecular formula is C15H22N2O3S. The Morgan fingerprint density at radius 3 is 2.67 bits per heavy atom. The van der Waals surface area contributed by atoms with Crippen LogP contribution >= 0.6 is 0 Å². The Kier molecular flexibility index (Phi) is 6.82. The number of aromatic nitrogens is 1. The molecule has 0 fully saturated rings. The van der Waals surface area contributed by atoms with Crippen molar-refractivity contribution < 1.29 is 13.5 Å². The maximum atomic E-state index is 12.6. The van der Waals surface area contributed by atoms with Gasteiger partial charge in [-0.1, -0.05) is 18.8 Å². The first-order valence-corrected chi connectivity index (χ1v) is 8.44. The number of nitrogens with zero attached hydrogens (tertiary/aromatic N) is 2. The Hall–Kier alpha value is -1.42. The summed E-state index contributed by atoms with van der Waals surface area (Å²) in [5.41, 5.74) is 0.532. The van der Waals surface area contributed by atoms with E-state index in [4.69, 9.17) is 5.11 Å². The second-order valence-electron chi connectivity index (χ2n) is 4.89. The van der Waals surface area contributed by atoms with Gasteiger partial charge in [-0.15, -0.1) is 0 Å². The van der Waals surface area contributed by atoms with Gasteiger partial charge >= 0.3 is 0 Å². The number of rotatable bonds is 6. The summed E-state index contributed by atoms with van der Waals surface area (Å²) >= 11 is 0. The Bertz CT molecular complexity index is 615. The van der Waals surface area contributed by atoms with E-state index in [1.807, 2.05) is 20.8 Å². The summed E-state index contributed by atoms with van der Waals surface area (Å²) in [5, 5.41) is 8.70. The van der Waals surface area contributed by atoms with Crippen LogP contribution in [0.4, 0.5) is 0 Å². The molecule has 0 aliphatic rings. The van der Waals surface area contributed by atoms with Gasteiger partial charge in [0.1, 0.15) is 4.90 Å². The molecule has 1 aromatic heterocycles. The third-order valence-electron chi connectivity index (χ3n) is 2.81. The standard InChI is InChI=1S/C15H22N2O3S/c1-4-8-17(13(2)3)21(19,20)15-10-14(11-16-12-15)7-5-6-9-18/h10-13,18H,4,6,8-9H2,1-3H3. The smallest absolute Gasteiger partial charge is 0.244 e. The van der Waals surface area contributed by atoms with E-state index in [1.165, 1.54) is 22.8 Å². The second kappa shape index (κ2) is 8.13. The average molecular weight is 310 g/mol. The van der Waals surface area contributed by atoms with Gasteiger partial charge in [-0.25, -0.2) is 8.42 Å². The molecule has 21 heavy (non-hydrogen) atoms. The number of hydrogen-bond donors (Lipinski definition) is 1. The molecule has 0 bridgehead atoms. The summed E-state index contributed by atoms with van der Waals surface area (Å²) < 4.78 is 26.8. The molecule has 0 saturated heterocycles. The van der Waals surface area contributed by atoms with Gasteiger partial charge in [-0.05, 0) is 26.3 Å². The van der Waals surface area contributed by atoms with Crippen molar-refractivity contribution >= 4 is 10.0 Å². The molecule has 116 valence electrons. The molecule has 0 aliphatic heterocycles. The summed E-state index contributed by atoms with van der Waals surface area (Å²) in [6.45, 7) is 6.10. The zero-order chi connectivity index (χ0) is 15.9. The zero-order valence-corrected chi connectivity index (χ0v) is 13.5. The highest BCUT2D eigenvalue weighted by atomic mass is 32.2. The molecule has 1 aromatic rings. The van der Waals surface area contributed by atoms with Gasteiger partial charge in [0.15, 0.2) is 0 Å². The monoisotopic (exact) mass is 310 g/mol. The van der Waals surface area contributed by atoms with Crippen LogP contribution in [0.15, 0.2) is 23.4 Å². The predicted octanol–water partition coefficient (Wildman–Crippen LogP) is 1.62. The molecule has 0 aliphatic carbocycles. The highest BCUT2D eigenvalue weighted by Crippen LogP contribution is 2.18. The lowest BCUT2D eigenvalue weighted by Gasteiger charge is -2.25. The molecule has 0 atom stereocenters. The van der Waals surface area contributed by atoms with Crippen LogP contribution in [-0.2, 0) is 10.0 Å². The fourth-order valence-electron chi connectivity index (χ4n) is 1.86. The molecule has 0 amide bonds. The fourth-order valence-corrected chi connectivity index (χ4v) is 3.58. The van der Waals surface area contributed by atoms with Crippen LogP contribution < -0.4 is 0 Å². The molecule has 1 rings (SSSR count). The van der Waals surface area contributed by atoms with Gasteiger partial charge in [0.2, 0.25) is 10.0 Å². The molecular weight excluding hydrogens is 288 g/mol. The Balaban J connectivity index is 3.14. The molecule has 0 radical (unpaired) electrons. The van der Waals surface area contributed by atoms with Crippen LogP contribution in [0.1, 0.15) is 39.2 Å². The minimum absolute atomic E-state index is 0.0178. The third kappa shape index (κ3) is 4.81. The molecule has 0 aromatic carbocycles. The van der Waals surface area contributed by atoms with Crippen molar-refractivity contribution in [3.63, 3.8) is 0 Å². The maximum absolute atomic E-state index is 12.6. The molecule has 1 heterocycles. The van der Waals surface area contributed by atoms with Crippen LogP contribution in [-0.4, -0.2) is 42.0 Å². The first-order chi connectivity index (χ1) is 9.93. The van der Waals surface area contributed by atoms with E-state index in [1.54, 1.807) is 0 Å². The summed E-state index contributed by atoms with van der Waals surface area (Å²) in [7, 11) is -3.56. The van der Waals surface area contributed by atoms with Crippen molar-refractivity contribution in [2.45, 2.75) is 44.6 Å². The number of hydrogen-bond acceptors (Lipinski definition) is 4. The minimum Gasteiger partial charge on any atom is -0.395 e. The van der Waals surface area contributed by atoms with Gasteiger partial charge in [-0.3, -0.25) is 4.98 Å². The van der Waals surface area contributed by atoms with E-state index >= 15 is 0 Å². The van der Waals surface area contributed by atoms with Crippen LogP contribution in [0.2, 0.25) is 0 Å². The van der Waals surface area contributed by atoms with Gasteiger partial charge in [-0.2, -0.15) is 4.31 Å². The van der Waals surface area contributed by atoms with Crippen molar-refractivity contribution in [1.29, 1.82) is 0 Å². The zero-order valence-electron chi connectivity index (χ0n) is 12.7. The summed E-state index contributed by atoms with van der Waals surface area (Å²) in [6.07, 6.45) is 3.96. The second-order valence-corrected chi connectivity index (χ2v) is 6.78. The van der Waals surface area contributed by atoms with Crippen LogP contribution in [0, 0.1) is 11.8 Å². The quantitative estimate of drug-likeness (QED) is 0.811. The van der Waals surface area contributed by atoms with Crippen molar-refractivity contribution in [3.05, 3.63) is 24.0 Å². The molecule has 1 N–H and O–H groups in total. The first kappa shape index (κ1) is 17.6. The largest absolute Gasteiger partial charge is 0.395 e. The predicted molar refractivity (Wildman–Crippen MR) is 82.1 cm³/mol. The summed E-state index contributed by atoms with van der Waals surface area (Å²) in [4.78, 5) is 4.11. The Morgan fingerprint density at radius 1 is 1.38 bits per heavy atom. The summed E-state index contributed by atoms with van der Waals surface area (Å²) in [6, 6.07) is 1.41. The number of sulfonamides is 1. The summed E-state index contributed by atoms with van der Waals surface area (Å²) in [5.74, 6) is 5.56. The third-order valence-corrected chi connectivity index (χ3v) is 4.85. The van der Waals surface area contributed by atoms with Crippen molar-refractivity contribution in [2.75, 3.05) is 13.2 Å². The van der Waals surface area contributed by atoms with E-state index in [2.05, 4.69) is 16.8 Å². The average Bonchev–Trinajstić information content (AvgIpc) is 2.45. The lowest BCUT2D eigenvalue weighted by atomic mass is 10.3. The highest BCUT2D eigenvalue weighted by Gasteiger charge is 2.26. The SMILES string of the molecule is CCCN(C(C)C)S(=O)(=O)c1cncc(C#CCCO)c1. The van der Waals surface area contributed by atoms with E-state index in [9.17, 15) is 8.42 Å². The maximum Gasteiger partial charge on any atom is 0.244 e. The lowest BCUT2D eigenvalue weighted by molar-refractivity contribution is 0.305. The minimum atomic E-state index is -3.56. The molecule has 0 unspecified atom stereocenters. The number of aliphatic hydroxyl groups is 1. The first-order valence-electron chi connectivity index (χ1n) is 7.00. The highest BCUT2D eigenvalue weighted by molar-refractivity contribution is 7.89. The molecule has 0 spiro atoms. The van der Waals surface area contributed by atoms with Gasteiger partial charge < -0.3 is 5.11 Å². The van der Waals surface area contributed by atoms with E-state index < -0.39 is 10.0 Å². The van der Waals surface area contributed by atoms with Crippen molar-refractivity contribution in [3.8, 4) is 11.8 Å². The van der Waals surface area contributed by atoms with Gasteiger partial charge in [0, 0.05) is 37.0 Å². The van der Waals surface area contributed by atoms with E-state index in [-0.39, 0.29) is 17.5 Å². The molecule has 5 nitrogen and oxygen atoms in total. The van der Waals surface area contributed by atoms with Crippen LogP contribution in [0.25, 0.3) is 0 Å². The number of aliphatic hydroxyl groups excluding tert-OH is 1. The fraction of sp³-hybridized carbons (Fsp3) is 0.533. The Morgan fingerprint density at radius 2 is 2.10 bits per heavy atom. The Labute approximate surface area is 127 Å². The normalized spacial score (nSPS) is 11.5. The van der Waals surface area contributed by atoms with Crippen LogP contribution in [0.3, 0.4) is 0 Å². The molecule has 0 saturated carbocycles. The molecule has 6 heteroatoms. The number of pyridine rings is 1.